The molecule has 0 saturated carbocycles. The Labute approximate surface area is 110 Å². The second-order valence-corrected chi connectivity index (χ2v) is 5.31. The molecule has 1 amide bonds. The molecule has 0 aliphatic carbocycles. The van der Waals surface area contributed by atoms with Gasteiger partial charge in [-0.3, -0.25) is 4.79 Å². The first-order chi connectivity index (χ1) is 8.60. The summed E-state index contributed by atoms with van der Waals surface area (Å²) in [6.07, 6.45) is 3.57. The van der Waals surface area contributed by atoms with Crippen LogP contribution in [0.2, 0.25) is 0 Å². The summed E-state index contributed by atoms with van der Waals surface area (Å²) in [7, 11) is 0. The zero-order chi connectivity index (χ0) is 13.1. The maximum Gasteiger partial charge on any atom is 0.268 e. The number of hydrogen-bond acceptors (Lipinski definition) is 4. The standard InChI is InChI=1S/C12H16N4OS/c1-3-16-7-9(13)4-10(16)12(17)15-6-11-14-5-8(2)18-11/h4-5,7H,3,6,13H2,1-2H3,(H,15,17). The van der Waals surface area contributed by atoms with Gasteiger partial charge < -0.3 is 15.6 Å². The zero-order valence-electron chi connectivity index (χ0n) is 10.4. The number of nitrogen functional groups attached to an aromatic ring is 1. The van der Waals surface area contributed by atoms with E-state index in [1.807, 2.05) is 18.4 Å². The number of rotatable bonds is 4. The Bertz CT molecular complexity index is 558. The summed E-state index contributed by atoms with van der Waals surface area (Å²) in [5.41, 5.74) is 6.88. The number of amides is 1. The molecule has 3 N–H and O–H groups in total. The van der Waals surface area contributed by atoms with Gasteiger partial charge in [0.2, 0.25) is 0 Å². The lowest BCUT2D eigenvalue weighted by Gasteiger charge is -2.06. The first-order valence-electron chi connectivity index (χ1n) is 5.75. The summed E-state index contributed by atoms with van der Waals surface area (Å²) >= 11 is 1.58. The van der Waals surface area contributed by atoms with E-state index in [2.05, 4.69) is 10.3 Å². The van der Waals surface area contributed by atoms with Crippen LogP contribution in [0, 0.1) is 6.92 Å². The summed E-state index contributed by atoms with van der Waals surface area (Å²) in [6.45, 7) is 5.13. The molecule has 0 aliphatic rings. The lowest BCUT2D eigenvalue weighted by molar-refractivity contribution is 0.0941. The number of nitrogens with one attached hydrogen (secondary N) is 1. The SMILES string of the molecule is CCn1cc(N)cc1C(=O)NCc1ncc(C)s1. The minimum Gasteiger partial charge on any atom is -0.397 e. The zero-order valence-corrected chi connectivity index (χ0v) is 11.3. The molecule has 2 aromatic heterocycles. The number of carbonyl (C=O) groups excluding carboxylic acids is 1. The van der Waals surface area contributed by atoms with Crippen LogP contribution in [-0.2, 0) is 13.1 Å². The maximum absolute atomic E-state index is 12.0. The molecular weight excluding hydrogens is 248 g/mol. The van der Waals surface area contributed by atoms with Gasteiger partial charge in [-0.2, -0.15) is 0 Å². The molecule has 0 aromatic carbocycles. The second-order valence-electron chi connectivity index (χ2n) is 3.99. The molecule has 0 unspecified atom stereocenters. The van der Waals surface area contributed by atoms with Crippen molar-refractivity contribution in [3.8, 4) is 0 Å². The largest absolute Gasteiger partial charge is 0.397 e. The molecule has 5 nitrogen and oxygen atoms in total. The summed E-state index contributed by atoms with van der Waals surface area (Å²) < 4.78 is 1.83. The number of anilines is 1. The van der Waals surface area contributed by atoms with Crippen molar-refractivity contribution < 1.29 is 4.79 Å². The van der Waals surface area contributed by atoms with Gasteiger partial charge >= 0.3 is 0 Å². The number of aromatic nitrogens is 2. The van der Waals surface area contributed by atoms with E-state index in [0.29, 0.717) is 17.9 Å². The predicted molar refractivity (Wildman–Crippen MR) is 72.5 cm³/mol. The third-order valence-corrected chi connectivity index (χ3v) is 3.47. The van der Waals surface area contributed by atoms with Gasteiger partial charge in [-0.25, -0.2) is 4.98 Å². The summed E-state index contributed by atoms with van der Waals surface area (Å²) in [6, 6.07) is 1.69. The average Bonchev–Trinajstić information content (AvgIpc) is 2.92. The van der Waals surface area contributed by atoms with Gasteiger partial charge in [-0.05, 0) is 19.9 Å². The molecule has 0 saturated heterocycles. The number of aryl methyl sites for hydroxylation is 2. The van der Waals surface area contributed by atoms with Crippen molar-refractivity contribution >= 4 is 22.9 Å². The predicted octanol–water partition coefficient (Wildman–Crippen LogP) is 1.79. The lowest BCUT2D eigenvalue weighted by atomic mass is 10.4. The Morgan fingerprint density at radius 1 is 1.61 bits per heavy atom. The van der Waals surface area contributed by atoms with Crippen LogP contribution in [-0.4, -0.2) is 15.5 Å². The smallest absolute Gasteiger partial charge is 0.268 e. The monoisotopic (exact) mass is 264 g/mol. The molecule has 2 heterocycles. The van der Waals surface area contributed by atoms with E-state index in [9.17, 15) is 4.79 Å². The van der Waals surface area contributed by atoms with Gasteiger partial charge in [0.15, 0.2) is 0 Å². The number of thiazole rings is 1. The Kier molecular flexibility index (Phi) is 3.66. The Morgan fingerprint density at radius 3 is 3.00 bits per heavy atom. The summed E-state index contributed by atoms with van der Waals surface area (Å²) in [4.78, 5) is 17.3. The van der Waals surface area contributed by atoms with Gasteiger partial charge in [0.25, 0.3) is 5.91 Å². The van der Waals surface area contributed by atoms with Crippen molar-refractivity contribution in [1.29, 1.82) is 0 Å². The highest BCUT2D eigenvalue weighted by Crippen LogP contribution is 2.13. The van der Waals surface area contributed by atoms with Crippen LogP contribution < -0.4 is 11.1 Å². The van der Waals surface area contributed by atoms with Crippen molar-refractivity contribution in [3.63, 3.8) is 0 Å². The minimum atomic E-state index is -0.124. The van der Waals surface area contributed by atoms with Crippen molar-refractivity contribution in [1.82, 2.24) is 14.9 Å². The fourth-order valence-electron chi connectivity index (χ4n) is 1.71. The Morgan fingerprint density at radius 2 is 2.39 bits per heavy atom. The minimum absolute atomic E-state index is 0.124. The van der Waals surface area contributed by atoms with E-state index in [1.165, 1.54) is 0 Å². The average molecular weight is 264 g/mol. The topological polar surface area (TPSA) is 72.9 Å². The van der Waals surface area contributed by atoms with Crippen LogP contribution in [0.15, 0.2) is 18.5 Å². The first-order valence-corrected chi connectivity index (χ1v) is 6.57. The van der Waals surface area contributed by atoms with Crippen LogP contribution in [0.4, 0.5) is 5.69 Å². The number of hydrogen-bond donors (Lipinski definition) is 2. The molecule has 96 valence electrons. The highest BCUT2D eigenvalue weighted by Gasteiger charge is 2.12. The molecular formula is C12H16N4OS. The second kappa shape index (κ2) is 5.22. The highest BCUT2D eigenvalue weighted by molar-refractivity contribution is 7.11. The number of nitrogens with zero attached hydrogens (tertiary/aromatic N) is 2. The van der Waals surface area contributed by atoms with E-state index >= 15 is 0 Å². The highest BCUT2D eigenvalue weighted by atomic mass is 32.1. The van der Waals surface area contributed by atoms with E-state index in [-0.39, 0.29) is 5.91 Å². The molecule has 18 heavy (non-hydrogen) atoms. The molecule has 0 bridgehead atoms. The van der Waals surface area contributed by atoms with Gasteiger partial charge in [0.1, 0.15) is 10.7 Å². The Balaban J connectivity index is 2.03. The van der Waals surface area contributed by atoms with E-state index in [0.717, 1.165) is 16.4 Å². The molecule has 2 aromatic rings. The van der Waals surface area contributed by atoms with Crippen LogP contribution in [0.1, 0.15) is 27.3 Å². The van der Waals surface area contributed by atoms with Crippen LogP contribution in [0.25, 0.3) is 0 Å². The van der Waals surface area contributed by atoms with Gasteiger partial charge in [-0.15, -0.1) is 11.3 Å². The maximum atomic E-state index is 12.0. The van der Waals surface area contributed by atoms with Gasteiger partial charge in [0, 0.05) is 23.8 Å². The van der Waals surface area contributed by atoms with E-state index in [1.54, 1.807) is 29.8 Å². The molecule has 0 atom stereocenters. The third kappa shape index (κ3) is 2.70. The first kappa shape index (κ1) is 12.6. The number of nitrogens with two attached hydrogens (primary N) is 1. The molecule has 0 aliphatic heterocycles. The van der Waals surface area contributed by atoms with Crippen molar-refractivity contribution in [3.05, 3.63) is 34.0 Å². The fraction of sp³-hybridized carbons (Fsp3) is 0.333. The van der Waals surface area contributed by atoms with Crippen LogP contribution >= 0.6 is 11.3 Å². The lowest BCUT2D eigenvalue weighted by Crippen LogP contribution is -2.25. The third-order valence-electron chi connectivity index (χ3n) is 2.56. The van der Waals surface area contributed by atoms with Crippen molar-refractivity contribution in [2.24, 2.45) is 0 Å². The van der Waals surface area contributed by atoms with Gasteiger partial charge in [-0.1, -0.05) is 0 Å². The summed E-state index contributed by atoms with van der Waals surface area (Å²) in [5.74, 6) is -0.124. The van der Waals surface area contributed by atoms with Crippen molar-refractivity contribution in [2.75, 3.05) is 5.73 Å². The van der Waals surface area contributed by atoms with E-state index < -0.39 is 0 Å². The molecule has 0 spiro atoms. The molecule has 2 rings (SSSR count). The Hall–Kier alpha value is -1.82. The molecule has 0 fully saturated rings. The van der Waals surface area contributed by atoms with Gasteiger partial charge in [0.05, 0.1) is 12.2 Å². The normalized spacial score (nSPS) is 10.6. The fourth-order valence-corrected chi connectivity index (χ4v) is 2.44. The molecule has 6 heteroatoms. The van der Waals surface area contributed by atoms with Crippen molar-refractivity contribution in [2.45, 2.75) is 26.9 Å². The summed E-state index contributed by atoms with van der Waals surface area (Å²) in [5, 5.41) is 3.76. The number of carbonyl (C=O) groups is 1. The van der Waals surface area contributed by atoms with Crippen LogP contribution in [0.5, 0.6) is 0 Å². The van der Waals surface area contributed by atoms with E-state index in [4.69, 9.17) is 5.73 Å². The molecule has 0 radical (unpaired) electrons. The van der Waals surface area contributed by atoms with Crippen LogP contribution in [0.3, 0.4) is 0 Å². The quantitative estimate of drug-likeness (QED) is 0.884.